The van der Waals surface area contributed by atoms with Gasteiger partial charge >= 0.3 is 0 Å². The Balaban J connectivity index is 1.25. The molecule has 0 fully saturated rings. The Morgan fingerprint density at radius 2 is 0.740 bits per heavy atom. The van der Waals surface area contributed by atoms with Crippen molar-refractivity contribution in [3.05, 3.63) is 170 Å². The van der Waals surface area contributed by atoms with Gasteiger partial charge in [0, 0.05) is 40.3 Å². The summed E-state index contributed by atoms with van der Waals surface area (Å²) in [5.41, 5.74) is 7.70. The number of hydrogen-bond acceptors (Lipinski definition) is 2. The van der Waals surface area contributed by atoms with Gasteiger partial charge in [-0.1, -0.05) is 152 Å². The van der Waals surface area contributed by atoms with Crippen LogP contribution in [0.25, 0.3) is 106 Å². The van der Waals surface area contributed by atoms with Crippen molar-refractivity contribution in [2.24, 2.45) is 0 Å². The first-order chi connectivity index (χ1) is 24.8. The van der Waals surface area contributed by atoms with Gasteiger partial charge in [0.2, 0.25) is 0 Å². The van der Waals surface area contributed by atoms with E-state index in [9.17, 15) is 0 Å². The van der Waals surface area contributed by atoms with E-state index in [1.165, 1.54) is 106 Å². The fourth-order valence-corrected chi connectivity index (χ4v) is 10.9. The van der Waals surface area contributed by atoms with Crippen molar-refractivity contribution in [1.29, 1.82) is 0 Å². The van der Waals surface area contributed by atoms with E-state index in [2.05, 4.69) is 170 Å². The van der Waals surface area contributed by atoms with Crippen LogP contribution in [0.1, 0.15) is 0 Å². The van der Waals surface area contributed by atoms with E-state index in [1.54, 1.807) is 0 Å². The Morgan fingerprint density at radius 1 is 0.280 bits per heavy atom. The van der Waals surface area contributed by atoms with Crippen LogP contribution in [0.2, 0.25) is 0 Å². The molecule has 50 heavy (non-hydrogen) atoms. The van der Waals surface area contributed by atoms with Gasteiger partial charge in [0.1, 0.15) is 0 Å². The summed E-state index contributed by atoms with van der Waals surface area (Å²) < 4.78 is 5.42. The Kier molecular flexibility index (Phi) is 6.09. The molecule has 0 N–H and O–H groups in total. The second kappa shape index (κ2) is 10.9. The monoisotopic (exact) mass is 668 g/mol. The topological polar surface area (TPSA) is 0 Å². The van der Waals surface area contributed by atoms with E-state index in [0.717, 1.165) is 0 Å². The summed E-state index contributed by atoms with van der Waals surface area (Å²) >= 11 is 3.84. The second-order valence-corrected chi connectivity index (χ2v) is 15.2. The SMILES string of the molecule is c1ccc(-c2c3ccccc3c(-c3ccc(-c4cc5sc6ccccc6c5c5sc6ccccc6c45)c4ccccc34)c3ccccc23)cc1. The lowest BCUT2D eigenvalue weighted by Gasteiger charge is -2.20. The third kappa shape index (κ3) is 3.98. The third-order valence-corrected chi connectivity index (χ3v) is 12.8. The summed E-state index contributed by atoms with van der Waals surface area (Å²) in [6.45, 7) is 0. The van der Waals surface area contributed by atoms with E-state index in [0.29, 0.717) is 0 Å². The highest BCUT2D eigenvalue weighted by molar-refractivity contribution is 7.30. The van der Waals surface area contributed by atoms with Crippen LogP contribution in [0.3, 0.4) is 0 Å². The van der Waals surface area contributed by atoms with Crippen molar-refractivity contribution in [2.45, 2.75) is 0 Å². The number of rotatable bonds is 3. The number of thiophene rings is 2. The minimum absolute atomic E-state index is 1.25. The molecule has 2 aromatic heterocycles. The normalized spacial score (nSPS) is 12.0. The summed E-state index contributed by atoms with van der Waals surface area (Å²) in [4.78, 5) is 0. The highest BCUT2D eigenvalue weighted by atomic mass is 32.1. The zero-order valence-corrected chi connectivity index (χ0v) is 28.6. The Labute approximate surface area is 297 Å². The van der Waals surface area contributed by atoms with Crippen LogP contribution in [0.15, 0.2) is 170 Å². The lowest BCUT2D eigenvalue weighted by atomic mass is 9.83. The minimum atomic E-state index is 1.25. The molecule has 0 amide bonds. The van der Waals surface area contributed by atoms with Gasteiger partial charge in [-0.05, 0) is 83.9 Å². The summed E-state index contributed by atoms with van der Waals surface area (Å²) in [5, 5.41) is 13.1. The molecule has 0 saturated carbocycles. The van der Waals surface area contributed by atoms with Crippen LogP contribution in [0, 0.1) is 0 Å². The van der Waals surface area contributed by atoms with Gasteiger partial charge in [-0.15, -0.1) is 22.7 Å². The molecule has 0 aliphatic heterocycles. The van der Waals surface area contributed by atoms with E-state index < -0.39 is 0 Å². The third-order valence-electron chi connectivity index (χ3n) is 10.5. The number of fused-ring (bicyclic) bond motifs is 10. The zero-order valence-electron chi connectivity index (χ0n) is 27.0. The number of hydrogen-bond donors (Lipinski definition) is 0. The van der Waals surface area contributed by atoms with Crippen LogP contribution in [0.4, 0.5) is 0 Å². The van der Waals surface area contributed by atoms with Crippen LogP contribution in [-0.2, 0) is 0 Å². The van der Waals surface area contributed by atoms with Crippen molar-refractivity contribution < 1.29 is 0 Å². The largest absolute Gasteiger partial charge is 0.135 e. The summed E-state index contributed by atoms with van der Waals surface area (Å²) in [5.74, 6) is 0. The highest BCUT2D eigenvalue weighted by Crippen LogP contribution is 2.51. The molecule has 0 aliphatic carbocycles. The summed E-state index contributed by atoms with van der Waals surface area (Å²) in [7, 11) is 0. The van der Waals surface area contributed by atoms with E-state index in [1.807, 2.05) is 22.7 Å². The van der Waals surface area contributed by atoms with Gasteiger partial charge in [-0.25, -0.2) is 0 Å². The smallest absolute Gasteiger partial charge is 0.0454 e. The van der Waals surface area contributed by atoms with Gasteiger partial charge in [0.15, 0.2) is 0 Å². The van der Waals surface area contributed by atoms with E-state index in [4.69, 9.17) is 0 Å². The van der Waals surface area contributed by atoms with Crippen LogP contribution < -0.4 is 0 Å². The first-order valence-electron chi connectivity index (χ1n) is 17.1. The highest BCUT2D eigenvalue weighted by Gasteiger charge is 2.22. The second-order valence-electron chi connectivity index (χ2n) is 13.1. The fraction of sp³-hybridized carbons (Fsp3) is 0. The minimum Gasteiger partial charge on any atom is -0.135 e. The first kappa shape index (κ1) is 28.1. The van der Waals surface area contributed by atoms with Crippen molar-refractivity contribution in [3.8, 4) is 33.4 Å². The van der Waals surface area contributed by atoms with Gasteiger partial charge < -0.3 is 0 Å². The standard InChI is InChI=1S/C48H28S2/c1-2-14-29(15-3-1)44-33-18-6-8-20-35(33)45(36-21-9-7-19-34(36)44)37-27-26-32(30-16-4-5-17-31(30)37)40-28-43-47(39-23-11-12-24-41(39)49-43)48-46(40)38-22-10-13-25-42(38)50-48/h1-28H. The summed E-state index contributed by atoms with van der Waals surface area (Å²) in [6.07, 6.45) is 0. The predicted octanol–water partition coefficient (Wildman–Crippen LogP) is 14.9. The molecule has 0 atom stereocenters. The molecule has 2 heterocycles. The van der Waals surface area contributed by atoms with E-state index in [-0.39, 0.29) is 0 Å². The molecule has 9 aromatic carbocycles. The predicted molar refractivity (Wildman–Crippen MR) is 221 cm³/mol. The first-order valence-corrected chi connectivity index (χ1v) is 18.7. The van der Waals surface area contributed by atoms with Gasteiger partial charge in [-0.2, -0.15) is 0 Å². The van der Waals surface area contributed by atoms with Crippen LogP contribution in [-0.4, -0.2) is 0 Å². The van der Waals surface area contributed by atoms with E-state index >= 15 is 0 Å². The fourth-order valence-electron chi connectivity index (χ4n) is 8.39. The molecule has 0 nitrogen and oxygen atoms in total. The molecule has 0 bridgehead atoms. The van der Waals surface area contributed by atoms with Crippen molar-refractivity contribution in [3.63, 3.8) is 0 Å². The molecule has 232 valence electrons. The lowest BCUT2D eigenvalue weighted by Crippen LogP contribution is -1.92. The van der Waals surface area contributed by atoms with Crippen LogP contribution in [0.5, 0.6) is 0 Å². The maximum Gasteiger partial charge on any atom is 0.0454 e. The Hall–Kier alpha value is -5.80. The Bertz CT molecular complexity index is 3080. The molecular weight excluding hydrogens is 641 g/mol. The van der Waals surface area contributed by atoms with Crippen molar-refractivity contribution >= 4 is 95.3 Å². The molecule has 0 radical (unpaired) electrons. The maximum absolute atomic E-state index is 2.47. The molecule has 11 aromatic rings. The molecule has 11 rings (SSSR count). The average molecular weight is 669 g/mol. The van der Waals surface area contributed by atoms with Gasteiger partial charge in [0.25, 0.3) is 0 Å². The van der Waals surface area contributed by atoms with Gasteiger partial charge in [0.05, 0.1) is 0 Å². The van der Waals surface area contributed by atoms with Crippen molar-refractivity contribution in [1.82, 2.24) is 0 Å². The summed E-state index contributed by atoms with van der Waals surface area (Å²) in [6, 6.07) is 62.9. The average Bonchev–Trinajstić information content (AvgIpc) is 3.75. The quantitative estimate of drug-likeness (QED) is 0.164. The molecule has 0 unspecified atom stereocenters. The molecule has 0 aliphatic rings. The van der Waals surface area contributed by atoms with Crippen molar-refractivity contribution in [2.75, 3.05) is 0 Å². The molecule has 2 heteroatoms. The van der Waals surface area contributed by atoms with Gasteiger partial charge in [-0.3, -0.25) is 0 Å². The Morgan fingerprint density at radius 3 is 1.38 bits per heavy atom. The molecular formula is C48H28S2. The van der Waals surface area contributed by atoms with Crippen LogP contribution >= 0.6 is 22.7 Å². The maximum atomic E-state index is 2.47. The molecule has 0 spiro atoms. The number of benzene rings is 9. The lowest BCUT2D eigenvalue weighted by molar-refractivity contribution is 1.66. The zero-order chi connectivity index (χ0) is 32.8. The molecule has 0 saturated heterocycles.